The van der Waals surface area contributed by atoms with Crippen LogP contribution in [0.1, 0.15) is 5.69 Å². The van der Waals surface area contributed by atoms with Crippen LogP contribution < -0.4 is 10.1 Å². The van der Waals surface area contributed by atoms with Crippen LogP contribution in [0.25, 0.3) is 10.6 Å². The van der Waals surface area contributed by atoms with Gasteiger partial charge in [-0.2, -0.15) is 0 Å². The molecule has 0 unspecified atom stereocenters. The number of nitrogens with one attached hydrogen (secondary N) is 1. The summed E-state index contributed by atoms with van der Waals surface area (Å²) in [5, 5.41) is 3.96. The van der Waals surface area contributed by atoms with Gasteiger partial charge in [-0.05, 0) is 19.2 Å². The van der Waals surface area contributed by atoms with Gasteiger partial charge < -0.3 is 10.1 Å². The van der Waals surface area contributed by atoms with Gasteiger partial charge in [0.15, 0.2) is 0 Å². The highest BCUT2D eigenvalue weighted by Crippen LogP contribution is 2.32. The molecule has 2 aromatic rings. The van der Waals surface area contributed by atoms with Crippen molar-refractivity contribution in [1.29, 1.82) is 0 Å². The molecule has 2 rings (SSSR count). The van der Waals surface area contributed by atoms with Crippen LogP contribution in [0.2, 0.25) is 4.34 Å². The number of halogens is 1. The van der Waals surface area contributed by atoms with Crippen molar-refractivity contribution in [2.75, 3.05) is 14.2 Å². The standard InChI is InChI=1S/C12H13ClN2OS/c1-14-7-10-11(13)17-12(15-10)8-4-3-5-9(6-8)16-2/h3-6,14H,7H2,1-2H3. The van der Waals surface area contributed by atoms with E-state index in [-0.39, 0.29) is 0 Å². The zero-order valence-corrected chi connectivity index (χ0v) is 11.2. The van der Waals surface area contributed by atoms with Crippen LogP contribution in [0.5, 0.6) is 5.75 Å². The van der Waals surface area contributed by atoms with Crippen molar-refractivity contribution in [2.45, 2.75) is 6.54 Å². The lowest BCUT2D eigenvalue weighted by atomic mass is 10.2. The number of nitrogens with zero attached hydrogens (tertiary/aromatic N) is 1. The molecular formula is C12H13ClN2OS. The van der Waals surface area contributed by atoms with Crippen LogP contribution in [-0.2, 0) is 6.54 Å². The van der Waals surface area contributed by atoms with Crippen LogP contribution in [0.3, 0.4) is 0 Å². The molecule has 0 radical (unpaired) electrons. The molecule has 0 saturated carbocycles. The number of hydrogen-bond acceptors (Lipinski definition) is 4. The molecule has 0 fully saturated rings. The molecule has 17 heavy (non-hydrogen) atoms. The Morgan fingerprint density at radius 3 is 3.00 bits per heavy atom. The van der Waals surface area contributed by atoms with Crippen molar-refractivity contribution in [3.05, 3.63) is 34.3 Å². The molecule has 1 heterocycles. The minimum absolute atomic E-state index is 0.680. The van der Waals surface area contributed by atoms with Gasteiger partial charge in [-0.15, -0.1) is 11.3 Å². The Hall–Kier alpha value is -1.10. The number of benzene rings is 1. The van der Waals surface area contributed by atoms with Crippen LogP contribution >= 0.6 is 22.9 Å². The lowest BCUT2D eigenvalue weighted by molar-refractivity contribution is 0.415. The average molecular weight is 269 g/mol. The highest BCUT2D eigenvalue weighted by atomic mass is 35.5. The van der Waals surface area contributed by atoms with Crippen molar-refractivity contribution in [1.82, 2.24) is 10.3 Å². The normalized spacial score (nSPS) is 10.5. The smallest absolute Gasteiger partial charge is 0.125 e. The molecule has 0 aliphatic carbocycles. The highest BCUT2D eigenvalue weighted by molar-refractivity contribution is 7.19. The lowest BCUT2D eigenvalue weighted by Crippen LogP contribution is -2.05. The molecule has 1 aromatic heterocycles. The fourth-order valence-corrected chi connectivity index (χ4v) is 2.62. The van der Waals surface area contributed by atoms with Gasteiger partial charge in [-0.1, -0.05) is 23.7 Å². The van der Waals surface area contributed by atoms with Crippen molar-refractivity contribution in [3.8, 4) is 16.3 Å². The number of rotatable bonds is 4. The van der Waals surface area contributed by atoms with Gasteiger partial charge >= 0.3 is 0 Å². The quantitative estimate of drug-likeness (QED) is 0.925. The van der Waals surface area contributed by atoms with Crippen molar-refractivity contribution >= 4 is 22.9 Å². The number of methoxy groups -OCH3 is 1. The van der Waals surface area contributed by atoms with E-state index in [0.717, 1.165) is 26.4 Å². The first-order valence-corrected chi connectivity index (χ1v) is 6.38. The second-order valence-corrected chi connectivity index (χ2v) is 5.10. The van der Waals surface area contributed by atoms with E-state index in [1.54, 1.807) is 7.11 Å². The van der Waals surface area contributed by atoms with Gasteiger partial charge in [0.1, 0.15) is 15.1 Å². The van der Waals surface area contributed by atoms with E-state index in [4.69, 9.17) is 16.3 Å². The van der Waals surface area contributed by atoms with Crippen molar-refractivity contribution in [2.24, 2.45) is 0 Å². The first-order valence-electron chi connectivity index (χ1n) is 5.19. The number of ether oxygens (including phenoxy) is 1. The minimum Gasteiger partial charge on any atom is -0.497 e. The van der Waals surface area contributed by atoms with Crippen LogP contribution in [0.15, 0.2) is 24.3 Å². The minimum atomic E-state index is 0.680. The third-order valence-corrected chi connectivity index (χ3v) is 3.70. The predicted octanol–water partition coefficient (Wildman–Crippen LogP) is 3.19. The molecule has 0 atom stereocenters. The summed E-state index contributed by atoms with van der Waals surface area (Å²) in [6, 6.07) is 7.81. The topological polar surface area (TPSA) is 34.2 Å². The molecule has 5 heteroatoms. The first kappa shape index (κ1) is 12.4. The SMILES string of the molecule is CNCc1nc(-c2cccc(OC)c2)sc1Cl. The Labute approximate surface area is 109 Å². The van der Waals surface area contributed by atoms with Crippen LogP contribution in [0.4, 0.5) is 0 Å². The molecule has 0 amide bonds. The van der Waals surface area contributed by atoms with Gasteiger partial charge in [0.05, 0.1) is 12.8 Å². The fraction of sp³-hybridized carbons (Fsp3) is 0.250. The molecule has 1 aromatic carbocycles. The first-order chi connectivity index (χ1) is 8.24. The summed E-state index contributed by atoms with van der Waals surface area (Å²) in [6.07, 6.45) is 0. The summed E-state index contributed by atoms with van der Waals surface area (Å²) >= 11 is 7.62. The number of aromatic nitrogens is 1. The van der Waals surface area contributed by atoms with Crippen LogP contribution in [-0.4, -0.2) is 19.1 Å². The second-order valence-electron chi connectivity index (χ2n) is 3.50. The fourth-order valence-electron chi connectivity index (χ4n) is 1.49. The molecule has 0 bridgehead atoms. The largest absolute Gasteiger partial charge is 0.497 e. The van der Waals surface area contributed by atoms with Gasteiger partial charge in [0.25, 0.3) is 0 Å². The van der Waals surface area contributed by atoms with Crippen molar-refractivity contribution < 1.29 is 4.74 Å². The summed E-state index contributed by atoms with van der Waals surface area (Å²) in [7, 11) is 3.53. The number of thiazole rings is 1. The van der Waals surface area contributed by atoms with Gasteiger partial charge in [0.2, 0.25) is 0 Å². The van der Waals surface area contributed by atoms with E-state index in [0.29, 0.717) is 6.54 Å². The molecule has 90 valence electrons. The van der Waals surface area contributed by atoms with E-state index in [1.165, 1.54) is 11.3 Å². The molecule has 0 spiro atoms. The molecule has 0 aliphatic rings. The summed E-state index contributed by atoms with van der Waals surface area (Å²) in [6.45, 7) is 0.680. The van der Waals surface area contributed by atoms with E-state index < -0.39 is 0 Å². The average Bonchev–Trinajstić information content (AvgIpc) is 2.72. The predicted molar refractivity (Wildman–Crippen MR) is 71.9 cm³/mol. The molecule has 0 saturated heterocycles. The molecular weight excluding hydrogens is 256 g/mol. The summed E-state index contributed by atoms with van der Waals surface area (Å²) in [5.41, 5.74) is 1.91. The maximum absolute atomic E-state index is 6.13. The zero-order valence-electron chi connectivity index (χ0n) is 9.66. The van der Waals surface area contributed by atoms with Gasteiger partial charge in [0, 0.05) is 12.1 Å². The van der Waals surface area contributed by atoms with E-state index in [1.807, 2.05) is 31.3 Å². The Kier molecular flexibility index (Phi) is 3.99. The Morgan fingerprint density at radius 2 is 2.29 bits per heavy atom. The summed E-state index contributed by atoms with van der Waals surface area (Å²) < 4.78 is 5.93. The molecule has 3 nitrogen and oxygen atoms in total. The summed E-state index contributed by atoms with van der Waals surface area (Å²) in [4.78, 5) is 4.51. The maximum atomic E-state index is 6.13. The van der Waals surface area contributed by atoms with Gasteiger partial charge in [-0.3, -0.25) is 0 Å². The zero-order chi connectivity index (χ0) is 12.3. The highest BCUT2D eigenvalue weighted by Gasteiger charge is 2.10. The lowest BCUT2D eigenvalue weighted by Gasteiger charge is -2.01. The third-order valence-electron chi connectivity index (χ3n) is 2.31. The molecule has 1 N–H and O–H groups in total. The second kappa shape index (κ2) is 5.49. The third kappa shape index (κ3) is 2.77. The van der Waals surface area contributed by atoms with E-state index >= 15 is 0 Å². The maximum Gasteiger partial charge on any atom is 0.125 e. The monoisotopic (exact) mass is 268 g/mol. The summed E-state index contributed by atoms with van der Waals surface area (Å²) in [5.74, 6) is 0.823. The molecule has 0 aliphatic heterocycles. The van der Waals surface area contributed by atoms with Crippen LogP contribution in [0, 0.1) is 0 Å². The Morgan fingerprint density at radius 1 is 1.47 bits per heavy atom. The van der Waals surface area contributed by atoms with Gasteiger partial charge in [-0.25, -0.2) is 4.98 Å². The Balaban J connectivity index is 2.35. The van der Waals surface area contributed by atoms with E-state index in [9.17, 15) is 0 Å². The van der Waals surface area contributed by atoms with E-state index in [2.05, 4.69) is 10.3 Å². The number of hydrogen-bond donors (Lipinski definition) is 1. The van der Waals surface area contributed by atoms with Crippen molar-refractivity contribution in [3.63, 3.8) is 0 Å². The Bertz CT molecular complexity index is 513.